The second-order valence-electron chi connectivity index (χ2n) is 16.5. The maximum atomic E-state index is 11.3. The van der Waals surface area contributed by atoms with Crippen LogP contribution in [0.2, 0.25) is 0 Å². The lowest BCUT2D eigenvalue weighted by molar-refractivity contribution is 0.477. The molecule has 0 bridgehead atoms. The summed E-state index contributed by atoms with van der Waals surface area (Å²) in [5.74, 6) is 0.853. The van der Waals surface area contributed by atoms with Crippen molar-refractivity contribution < 1.29 is 9.52 Å². The Morgan fingerprint density at radius 2 is 1.25 bits per heavy atom. The molecule has 0 aliphatic rings. The van der Waals surface area contributed by atoms with Gasteiger partial charge in [0, 0.05) is 27.5 Å². The molecule has 5 heteroatoms. The number of fused-ring (bicyclic) bond motifs is 4. The topological polar surface area (TPSA) is 64.1 Å². The van der Waals surface area contributed by atoms with Crippen molar-refractivity contribution in [2.75, 3.05) is 0 Å². The number of phenolic OH excluding ortho intramolecular Hbond substituents is 1. The number of hydrogen-bond acceptors (Lipinski definition) is 4. The van der Waals surface area contributed by atoms with Crippen molar-refractivity contribution >= 4 is 33.0 Å². The fourth-order valence-electron chi connectivity index (χ4n) is 7.62. The fraction of sp³-hybridized carbons (Fsp3) is 0.160. The van der Waals surface area contributed by atoms with E-state index >= 15 is 0 Å². The van der Waals surface area contributed by atoms with Crippen LogP contribution in [0, 0.1) is 0 Å². The molecule has 9 aromatic rings. The molecule has 6 aromatic carbocycles. The van der Waals surface area contributed by atoms with Gasteiger partial charge in [-0.3, -0.25) is 9.55 Å². The molecule has 1 N–H and O–H groups in total. The molecule has 55 heavy (non-hydrogen) atoms. The summed E-state index contributed by atoms with van der Waals surface area (Å²) in [6.45, 7) is 13.5. The van der Waals surface area contributed by atoms with E-state index in [0.717, 1.165) is 72.2 Å². The molecule has 0 aliphatic carbocycles. The maximum Gasteiger partial charge on any atom is 0.153 e. The Balaban J connectivity index is 1.31. The molecule has 0 atom stereocenters. The molecular formula is C50H43N3O2. The normalized spacial score (nSPS) is 12.3. The molecule has 9 rings (SSSR count). The molecule has 0 spiro atoms. The van der Waals surface area contributed by atoms with Gasteiger partial charge in [-0.1, -0.05) is 126 Å². The minimum atomic E-state index is -0.134. The molecule has 0 fully saturated rings. The van der Waals surface area contributed by atoms with Gasteiger partial charge in [-0.25, -0.2) is 4.98 Å². The number of pyridine rings is 1. The predicted molar refractivity (Wildman–Crippen MR) is 227 cm³/mol. The molecule has 0 saturated heterocycles. The third-order valence-electron chi connectivity index (χ3n) is 10.7. The first-order chi connectivity index (χ1) is 26.4. The number of phenols is 1. The van der Waals surface area contributed by atoms with E-state index in [1.165, 1.54) is 11.1 Å². The molecule has 0 saturated carbocycles. The zero-order chi connectivity index (χ0) is 38.1. The largest absolute Gasteiger partial charge is 0.507 e. The van der Waals surface area contributed by atoms with Crippen molar-refractivity contribution in [1.82, 2.24) is 14.5 Å². The monoisotopic (exact) mass is 717 g/mol. The second kappa shape index (κ2) is 12.8. The first-order valence-electron chi connectivity index (χ1n) is 18.9. The first-order valence-corrected chi connectivity index (χ1v) is 18.9. The number of imidazole rings is 1. The van der Waals surface area contributed by atoms with Gasteiger partial charge < -0.3 is 9.52 Å². The molecule has 0 aliphatic heterocycles. The Morgan fingerprint density at radius 3 is 2.04 bits per heavy atom. The van der Waals surface area contributed by atoms with Gasteiger partial charge in [-0.05, 0) is 87.7 Å². The van der Waals surface area contributed by atoms with Crippen molar-refractivity contribution in [3.63, 3.8) is 0 Å². The Hall–Kier alpha value is -6.46. The van der Waals surface area contributed by atoms with Gasteiger partial charge in [0.2, 0.25) is 0 Å². The van der Waals surface area contributed by atoms with Gasteiger partial charge in [0.1, 0.15) is 17.2 Å². The van der Waals surface area contributed by atoms with Crippen LogP contribution in [0.4, 0.5) is 0 Å². The Kier molecular flexibility index (Phi) is 8.01. The molecule has 5 nitrogen and oxygen atoms in total. The zero-order valence-electron chi connectivity index (χ0n) is 32.1. The van der Waals surface area contributed by atoms with Crippen LogP contribution in [-0.4, -0.2) is 19.6 Å². The SMILES string of the molecule is CC(C)(C)c1cc(-c2cc3c(cn2)oc2ccccc23)cc(-c2cccc3c2nc(-c2ccccc2O)n3-c2ccc(C(C)(C)C)cc2-c2ccccc2)c1. The Bertz CT molecular complexity index is 2900. The highest BCUT2D eigenvalue weighted by Gasteiger charge is 2.25. The number of aromatic nitrogens is 3. The number of para-hydroxylation sites is 3. The average molecular weight is 718 g/mol. The molecule has 0 amide bonds. The Labute approximate surface area is 321 Å². The van der Waals surface area contributed by atoms with Crippen LogP contribution in [0.1, 0.15) is 52.7 Å². The number of aromatic hydroxyl groups is 1. The van der Waals surface area contributed by atoms with Gasteiger partial charge >= 0.3 is 0 Å². The third kappa shape index (κ3) is 6.06. The summed E-state index contributed by atoms with van der Waals surface area (Å²) in [6, 6.07) is 48.2. The molecule has 3 aromatic heterocycles. The summed E-state index contributed by atoms with van der Waals surface area (Å²) in [5, 5.41) is 13.5. The van der Waals surface area contributed by atoms with E-state index in [4.69, 9.17) is 14.4 Å². The molecule has 270 valence electrons. The summed E-state index contributed by atoms with van der Waals surface area (Å²) in [6.07, 6.45) is 1.84. The lowest BCUT2D eigenvalue weighted by Crippen LogP contribution is -2.12. The molecule has 0 unspecified atom stereocenters. The number of hydrogen-bond donors (Lipinski definition) is 1. The highest BCUT2D eigenvalue weighted by atomic mass is 16.3. The number of furan rings is 1. The first kappa shape index (κ1) is 34.3. The van der Waals surface area contributed by atoms with E-state index in [1.807, 2.05) is 48.7 Å². The highest BCUT2D eigenvalue weighted by molar-refractivity contribution is 6.06. The van der Waals surface area contributed by atoms with Crippen LogP contribution in [0.5, 0.6) is 5.75 Å². The third-order valence-corrected chi connectivity index (χ3v) is 10.7. The van der Waals surface area contributed by atoms with E-state index in [1.54, 1.807) is 6.07 Å². The van der Waals surface area contributed by atoms with Gasteiger partial charge in [0.15, 0.2) is 5.58 Å². The van der Waals surface area contributed by atoms with Gasteiger partial charge in [-0.2, -0.15) is 0 Å². The predicted octanol–water partition coefficient (Wildman–Crippen LogP) is 13.3. The Morgan fingerprint density at radius 1 is 0.545 bits per heavy atom. The van der Waals surface area contributed by atoms with Crippen LogP contribution in [0.3, 0.4) is 0 Å². The molecular weight excluding hydrogens is 675 g/mol. The minimum Gasteiger partial charge on any atom is -0.507 e. The molecule has 3 heterocycles. The lowest BCUT2D eigenvalue weighted by atomic mass is 9.83. The summed E-state index contributed by atoms with van der Waals surface area (Å²) in [5.41, 5.74) is 13.5. The van der Waals surface area contributed by atoms with Crippen LogP contribution in [-0.2, 0) is 10.8 Å². The average Bonchev–Trinajstić information content (AvgIpc) is 3.76. The minimum absolute atomic E-state index is 0.0490. The van der Waals surface area contributed by atoms with Crippen molar-refractivity contribution in [3.8, 4) is 56.3 Å². The van der Waals surface area contributed by atoms with Crippen molar-refractivity contribution in [1.29, 1.82) is 0 Å². The van der Waals surface area contributed by atoms with Gasteiger partial charge in [0.25, 0.3) is 0 Å². The van der Waals surface area contributed by atoms with E-state index in [9.17, 15) is 5.11 Å². The number of benzene rings is 6. The van der Waals surface area contributed by atoms with Crippen LogP contribution in [0.15, 0.2) is 150 Å². The summed E-state index contributed by atoms with van der Waals surface area (Å²) in [4.78, 5) is 10.4. The number of nitrogens with zero attached hydrogens (tertiary/aromatic N) is 3. The number of rotatable bonds is 5. The van der Waals surface area contributed by atoms with Gasteiger partial charge in [-0.15, -0.1) is 0 Å². The molecule has 0 radical (unpaired) electrons. The lowest BCUT2D eigenvalue weighted by Gasteiger charge is -2.23. The fourth-order valence-corrected chi connectivity index (χ4v) is 7.62. The van der Waals surface area contributed by atoms with Crippen LogP contribution >= 0.6 is 0 Å². The van der Waals surface area contributed by atoms with Crippen molar-refractivity contribution in [2.24, 2.45) is 0 Å². The summed E-state index contributed by atoms with van der Waals surface area (Å²) >= 11 is 0. The van der Waals surface area contributed by atoms with Crippen LogP contribution < -0.4 is 0 Å². The highest BCUT2D eigenvalue weighted by Crippen LogP contribution is 2.42. The maximum absolute atomic E-state index is 11.3. The quantitative estimate of drug-likeness (QED) is 0.192. The van der Waals surface area contributed by atoms with E-state index in [0.29, 0.717) is 11.4 Å². The van der Waals surface area contributed by atoms with Crippen molar-refractivity contribution in [3.05, 3.63) is 157 Å². The van der Waals surface area contributed by atoms with E-state index in [-0.39, 0.29) is 16.6 Å². The summed E-state index contributed by atoms with van der Waals surface area (Å²) in [7, 11) is 0. The van der Waals surface area contributed by atoms with Crippen molar-refractivity contribution in [2.45, 2.75) is 52.4 Å². The van der Waals surface area contributed by atoms with Crippen LogP contribution in [0.25, 0.3) is 83.6 Å². The standard InChI is InChI=1S/C50H43N3O2/c1-49(2,3)34-23-24-42(39(28-34)31-15-8-7-9-16-31)53-43-20-14-19-36(47(43)52-48(53)38-18-10-12-21-44(38)54)32-25-33(27-35(26-32)50(4,5)6)41-29-40-37-17-11-13-22-45(37)55-46(40)30-51-41/h7-30,54H,1-6H3. The zero-order valence-corrected chi connectivity index (χ0v) is 32.1. The second-order valence-corrected chi connectivity index (χ2v) is 16.5. The summed E-state index contributed by atoms with van der Waals surface area (Å²) < 4.78 is 8.34. The van der Waals surface area contributed by atoms with E-state index in [2.05, 4.69) is 137 Å². The van der Waals surface area contributed by atoms with Gasteiger partial charge in [0.05, 0.1) is 34.2 Å². The van der Waals surface area contributed by atoms with E-state index < -0.39 is 0 Å². The smallest absolute Gasteiger partial charge is 0.153 e.